The van der Waals surface area contributed by atoms with Crippen LogP contribution in [0.3, 0.4) is 0 Å². The fraction of sp³-hybridized carbons (Fsp3) is 0.261. The van der Waals surface area contributed by atoms with Crippen molar-refractivity contribution in [3.63, 3.8) is 0 Å². The van der Waals surface area contributed by atoms with Gasteiger partial charge in [0, 0.05) is 38.4 Å². The van der Waals surface area contributed by atoms with Crippen LogP contribution in [0.2, 0.25) is 0 Å². The van der Waals surface area contributed by atoms with E-state index in [0.29, 0.717) is 28.6 Å². The first-order valence-corrected chi connectivity index (χ1v) is 10.6. The Morgan fingerprint density at radius 3 is 2.63 bits per heavy atom. The van der Waals surface area contributed by atoms with Crippen molar-refractivity contribution in [3.05, 3.63) is 78.3 Å². The van der Waals surface area contributed by atoms with Crippen LogP contribution in [0.15, 0.2) is 82.1 Å². The lowest BCUT2D eigenvalue weighted by Gasteiger charge is -2.18. The third-order valence-electron chi connectivity index (χ3n) is 4.31. The molecule has 0 saturated heterocycles. The number of hydrogen-bond acceptors (Lipinski definition) is 6. The van der Waals surface area contributed by atoms with E-state index >= 15 is 0 Å². The van der Waals surface area contributed by atoms with Gasteiger partial charge in [-0.3, -0.25) is 0 Å². The van der Waals surface area contributed by atoms with E-state index in [2.05, 4.69) is 21.8 Å². The molecule has 30 heavy (non-hydrogen) atoms. The number of allylic oxidation sites excluding steroid dienone is 1. The van der Waals surface area contributed by atoms with Crippen molar-refractivity contribution in [1.82, 2.24) is 0 Å². The summed E-state index contributed by atoms with van der Waals surface area (Å²) < 4.78 is 20.5. The summed E-state index contributed by atoms with van der Waals surface area (Å²) in [5, 5.41) is 8.88. The molecule has 0 bridgehead atoms. The molecular formula is C23H25FN4OS. The maximum atomic E-state index is 14.7. The minimum Gasteiger partial charge on any atom is -0.378 e. The Kier molecular flexibility index (Phi) is 7.54. The Labute approximate surface area is 181 Å². The van der Waals surface area contributed by atoms with Crippen LogP contribution in [0.1, 0.15) is 18.9 Å². The standard InChI is InChI=1S/C23H25FN4OS/c1-5-29-22-8-6-7-16(2)25-23(30-22)17-9-14-21(20(24)15-17)27-26-18-10-12-19(13-11-18)28(3)4/h6-7,9-15,22H,2,5,8H2,1,3-4H3/b7-6-,25-23-,27-26+. The molecule has 7 heteroatoms. The maximum Gasteiger partial charge on any atom is 0.151 e. The summed E-state index contributed by atoms with van der Waals surface area (Å²) in [6, 6.07) is 12.4. The molecule has 0 radical (unpaired) electrons. The molecule has 0 spiro atoms. The Morgan fingerprint density at radius 2 is 1.97 bits per heavy atom. The van der Waals surface area contributed by atoms with Crippen LogP contribution in [-0.4, -0.2) is 31.2 Å². The van der Waals surface area contributed by atoms with Crippen LogP contribution in [0.25, 0.3) is 0 Å². The number of aliphatic imine (C=N–C) groups is 1. The number of thioether (sulfide) groups is 1. The van der Waals surface area contributed by atoms with Gasteiger partial charge < -0.3 is 9.64 Å². The molecule has 2 aromatic carbocycles. The summed E-state index contributed by atoms with van der Waals surface area (Å²) in [4.78, 5) is 6.52. The summed E-state index contributed by atoms with van der Waals surface area (Å²) in [6.07, 6.45) is 4.58. The summed E-state index contributed by atoms with van der Waals surface area (Å²) in [7, 11) is 3.93. The first-order valence-electron chi connectivity index (χ1n) is 9.67. The predicted octanol–water partition coefficient (Wildman–Crippen LogP) is 6.62. The normalized spacial score (nSPS) is 19.8. The number of halogens is 1. The van der Waals surface area contributed by atoms with Gasteiger partial charge in [-0.05, 0) is 55.5 Å². The lowest BCUT2D eigenvalue weighted by Crippen LogP contribution is -2.13. The molecule has 0 aliphatic carbocycles. The van der Waals surface area contributed by atoms with Gasteiger partial charge in [0.05, 0.1) is 11.4 Å². The van der Waals surface area contributed by atoms with Gasteiger partial charge >= 0.3 is 0 Å². The third-order valence-corrected chi connectivity index (χ3v) is 5.46. The Balaban J connectivity index is 1.80. The maximum absolute atomic E-state index is 14.7. The average Bonchev–Trinajstić information content (AvgIpc) is 2.71. The number of ether oxygens (including phenoxy) is 1. The van der Waals surface area contributed by atoms with E-state index < -0.39 is 5.82 Å². The lowest BCUT2D eigenvalue weighted by atomic mass is 10.2. The van der Waals surface area contributed by atoms with Crippen molar-refractivity contribution in [2.45, 2.75) is 18.8 Å². The van der Waals surface area contributed by atoms with E-state index in [-0.39, 0.29) is 11.1 Å². The van der Waals surface area contributed by atoms with Crippen molar-refractivity contribution >= 4 is 33.9 Å². The van der Waals surface area contributed by atoms with Gasteiger partial charge in [0.25, 0.3) is 0 Å². The highest BCUT2D eigenvalue weighted by Crippen LogP contribution is 2.29. The highest BCUT2D eigenvalue weighted by Gasteiger charge is 2.17. The highest BCUT2D eigenvalue weighted by atomic mass is 32.2. The minimum absolute atomic E-state index is 0.0781. The number of nitrogens with zero attached hydrogens (tertiary/aromatic N) is 4. The number of hydrogen-bond donors (Lipinski definition) is 0. The number of benzene rings is 2. The molecule has 2 aromatic rings. The molecule has 0 fully saturated rings. The summed E-state index contributed by atoms with van der Waals surface area (Å²) >= 11 is 1.47. The van der Waals surface area contributed by atoms with Gasteiger partial charge in [0.15, 0.2) is 5.82 Å². The van der Waals surface area contributed by atoms with E-state index in [0.717, 1.165) is 12.1 Å². The van der Waals surface area contributed by atoms with Gasteiger partial charge in [0.2, 0.25) is 0 Å². The summed E-state index contributed by atoms with van der Waals surface area (Å²) in [5.74, 6) is -0.458. The molecule has 3 rings (SSSR count). The van der Waals surface area contributed by atoms with Crippen LogP contribution >= 0.6 is 11.8 Å². The minimum atomic E-state index is -0.458. The fourth-order valence-corrected chi connectivity index (χ4v) is 3.85. The van der Waals surface area contributed by atoms with E-state index in [1.807, 2.05) is 62.3 Å². The molecular weight excluding hydrogens is 399 g/mol. The fourth-order valence-electron chi connectivity index (χ4n) is 2.75. The van der Waals surface area contributed by atoms with Crippen LogP contribution in [0, 0.1) is 5.82 Å². The first kappa shape index (κ1) is 21.9. The van der Waals surface area contributed by atoms with Gasteiger partial charge in [0.1, 0.15) is 16.2 Å². The number of rotatable bonds is 6. The second-order valence-corrected chi connectivity index (χ2v) is 7.97. The SMILES string of the molecule is C=C1/C=C\CC(OCC)S/C(c2ccc(/N=N/c3ccc(N(C)C)cc3)c(F)c2)=N\1. The average molecular weight is 425 g/mol. The zero-order valence-electron chi connectivity index (χ0n) is 17.4. The number of anilines is 1. The topological polar surface area (TPSA) is 49.6 Å². The van der Waals surface area contributed by atoms with E-state index in [4.69, 9.17) is 4.74 Å². The summed E-state index contributed by atoms with van der Waals surface area (Å²) in [6.45, 7) is 6.47. The molecule has 0 saturated carbocycles. The van der Waals surface area contributed by atoms with Gasteiger partial charge in [-0.25, -0.2) is 9.38 Å². The molecule has 1 heterocycles. The Morgan fingerprint density at radius 1 is 1.20 bits per heavy atom. The van der Waals surface area contributed by atoms with Crippen molar-refractivity contribution in [1.29, 1.82) is 0 Å². The predicted molar refractivity (Wildman–Crippen MR) is 124 cm³/mol. The van der Waals surface area contributed by atoms with Crippen LogP contribution in [0.4, 0.5) is 21.5 Å². The Hall–Kier alpha value is -2.77. The van der Waals surface area contributed by atoms with Crippen molar-refractivity contribution in [2.24, 2.45) is 15.2 Å². The van der Waals surface area contributed by atoms with Gasteiger partial charge in [-0.15, -0.1) is 5.11 Å². The largest absolute Gasteiger partial charge is 0.378 e. The zero-order chi connectivity index (χ0) is 21.5. The second-order valence-electron chi connectivity index (χ2n) is 6.83. The smallest absolute Gasteiger partial charge is 0.151 e. The molecule has 0 N–H and O–H groups in total. The quantitative estimate of drug-likeness (QED) is 0.489. The van der Waals surface area contributed by atoms with E-state index in [9.17, 15) is 4.39 Å². The lowest BCUT2D eigenvalue weighted by molar-refractivity contribution is 0.128. The van der Waals surface area contributed by atoms with E-state index in [1.54, 1.807) is 12.1 Å². The second kappa shape index (κ2) is 10.3. The van der Waals surface area contributed by atoms with Crippen LogP contribution < -0.4 is 4.90 Å². The Bertz CT molecular complexity index is 983. The van der Waals surface area contributed by atoms with Crippen molar-refractivity contribution < 1.29 is 9.13 Å². The third kappa shape index (κ3) is 5.87. The van der Waals surface area contributed by atoms with Gasteiger partial charge in [-0.2, -0.15) is 5.11 Å². The zero-order valence-corrected chi connectivity index (χ0v) is 18.2. The first-order chi connectivity index (χ1) is 14.5. The number of azo groups is 1. The van der Waals surface area contributed by atoms with Crippen molar-refractivity contribution in [3.8, 4) is 0 Å². The monoisotopic (exact) mass is 424 g/mol. The molecule has 1 aliphatic heterocycles. The van der Waals surface area contributed by atoms with Crippen LogP contribution in [-0.2, 0) is 4.74 Å². The highest BCUT2D eigenvalue weighted by molar-refractivity contribution is 8.14. The summed E-state index contributed by atoms with van der Waals surface area (Å²) in [5.41, 5.74) is 3.10. The molecule has 1 aliphatic rings. The molecule has 156 valence electrons. The van der Waals surface area contributed by atoms with Crippen LogP contribution in [0.5, 0.6) is 0 Å². The van der Waals surface area contributed by atoms with Crippen molar-refractivity contribution in [2.75, 3.05) is 25.6 Å². The molecule has 0 aromatic heterocycles. The molecule has 0 amide bonds. The van der Waals surface area contributed by atoms with E-state index in [1.165, 1.54) is 17.8 Å². The molecule has 1 atom stereocenters. The van der Waals surface area contributed by atoms with Gasteiger partial charge in [-0.1, -0.05) is 24.4 Å². The molecule has 1 unspecified atom stereocenters. The molecule has 5 nitrogen and oxygen atoms in total.